The molecule has 1 heterocycles. The lowest BCUT2D eigenvalue weighted by Crippen LogP contribution is -2.51. The van der Waals surface area contributed by atoms with Crippen LogP contribution in [0.25, 0.3) is 0 Å². The van der Waals surface area contributed by atoms with Crippen molar-refractivity contribution < 1.29 is 4.79 Å². The van der Waals surface area contributed by atoms with Crippen molar-refractivity contribution in [1.82, 2.24) is 4.98 Å². The van der Waals surface area contributed by atoms with Gasteiger partial charge in [0.05, 0.1) is 17.3 Å². The van der Waals surface area contributed by atoms with Crippen LogP contribution in [0.3, 0.4) is 0 Å². The molecule has 1 amide bonds. The third-order valence-electron chi connectivity index (χ3n) is 3.84. The highest BCUT2D eigenvalue weighted by molar-refractivity contribution is 5.93. The Labute approximate surface area is 132 Å². The van der Waals surface area contributed by atoms with Crippen LogP contribution in [0, 0.1) is 12.8 Å². The molecule has 0 bridgehead atoms. The van der Waals surface area contributed by atoms with E-state index in [0.29, 0.717) is 0 Å². The normalized spacial score (nSPS) is 25.1. The van der Waals surface area contributed by atoms with Gasteiger partial charge in [0.25, 0.3) is 0 Å². The number of halogens is 2. The Bertz CT molecular complexity index is 452. The fraction of sp³-hybridized carbons (Fsp3) is 0.571. The van der Waals surface area contributed by atoms with Crippen molar-refractivity contribution in [2.24, 2.45) is 11.7 Å². The minimum atomic E-state index is -0.390. The van der Waals surface area contributed by atoms with Crippen molar-refractivity contribution in [3.63, 3.8) is 0 Å². The summed E-state index contributed by atoms with van der Waals surface area (Å²) in [7, 11) is 0. The molecule has 2 atom stereocenters. The highest BCUT2D eigenvalue weighted by Crippen LogP contribution is 2.32. The lowest BCUT2D eigenvalue weighted by Gasteiger charge is -2.37. The summed E-state index contributed by atoms with van der Waals surface area (Å²) in [5.41, 5.74) is 7.46. The number of nitrogens with zero attached hydrogens (tertiary/aromatic N) is 1. The van der Waals surface area contributed by atoms with Crippen LogP contribution in [0.5, 0.6) is 0 Å². The predicted molar refractivity (Wildman–Crippen MR) is 86.7 cm³/mol. The number of rotatable bonds is 2. The number of hydrogen-bond acceptors (Lipinski definition) is 3. The summed E-state index contributed by atoms with van der Waals surface area (Å²) in [5, 5.41) is 2.95. The number of carbonyl (C=O) groups excluding carboxylic acids is 1. The van der Waals surface area contributed by atoms with Crippen LogP contribution in [0.15, 0.2) is 18.3 Å². The molecular weight excluding hydrogens is 297 g/mol. The van der Waals surface area contributed by atoms with Gasteiger partial charge in [-0.25, -0.2) is 0 Å². The zero-order chi connectivity index (χ0) is 13.2. The second-order valence-electron chi connectivity index (χ2n) is 5.43. The zero-order valence-corrected chi connectivity index (χ0v) is 13.5. The first-order chi connectivity index (χ1) is 8.50. The summed E-state index contributed by atoms with van der Waals surface area (Å²) >= 11 is 0. The molecule has 6 heteroatoms. The molecule has 4 nitrogen and oxygen atoms in total. The third-order valence-corrected chi connectivity index (χ3v) is 3.84. The van der Waals surface area contributed by atoms with E-state index in [1.165, 1.54) is 0 Å². The number of carbonyl (C=O) groups is 1. The smallest absolute Gasteiger partial charge is 0.229 e. The average molecular weight is 320 g/mol. The highest BCUT2D eigenvalue weighted by atomic mass is 35.5. The van der Waals surface area contributed by atoms with Gasteiger partial charge in [-0.15, -0.1) is 24.8 Å². The van der Waals surface area contributed by atoms with E-state index in [4.69, 9.17) is 5.73 Å². The Morgan fingerprint density at radius 2 is 2.15 bits per heavy atom. The van der Waals surface area contributed by atoms with Crippen molar-refractivity contribution in [3.8, 4) is 0 Å². The van der Waals surface area contributed by atoms with E-state index < -0.39 is 5.54 Å². The van der Waals surface area contributed by atoms with Gasteiger partial charge < -0.3 is 11.1 Å². The summed E-state index contributed by atoms with van der Waals surface area (Å²) in [4.78, 5) is 16.5. The first-order valence-electron chi connectivity index (χ1n) is 6.52. The minimum absolute atomic E-state index is 0. The Hall–Kier alpha value is -0.840. The van der Waals surface area contributed by atoms with E-state index in [-0.39, 0.29) is 36.6 Å². The van der Waals surface area contributed by atoms with Crippen LogP contribution in [0.1, 0.15) is 38.3 Å². The second kappa shape index (κ2) is 7.81. The number of nitrogens with two attached hydrogens (primary N) is 1. The molecule has 0 radical (unpaired) electrons. The number of aromatic nitrogens is 1. The van der Waals surface area contributed by atoms with Gasteiger partial charge in [0.15, 0.2) is 0 Å². The van der Waals surface area contributed by atoms with E-state index in [2.05, 4.69) is 10.3 Å². The minimum Gasteiger partial charge on any atom is -0.325 e. The lowest BCUT2D eigenvalue weighted by molar-refractivity contribution is -0.122. The zero-order valence-electron chi connectivity index (χ0n) is 11.9. The summed E-state index contributed by atoms with van der Waals surface area (Å²) in [6, 6.07) is 3.70. The predicted octanol–water partition coefficient (Wildman–Crippen LogP) is 3.08. The largest absolute Gasteiger partial charge is 0.325 e. The molecule has 0 saturated heterocycles. The van der Waals surface area contributed by atoms with Crippen LogP contribution < -0.4 is 11.1 Å². The number of pyridine rings is 1. The maximum atomic E-state index is 12.3. The van der Waals surface area contributed by atoms with E-state index in [1.54, 1.807) is 6.20 Å². The summed E-state index contributed by atoms with van der Waals surface area (Å²) in [6.07, 6.45) is 5.70. The molecular formula is C14H23Cl2N3O. The monoisotopic (exact) mass is 319 g/mol. The van der Waals surface area contributed by atoms with Crippen LogP contribution in [-0.2, 0) is 4.79 Å². The highest BCUT2D eigenvalue weighted by Gasteiger charge is 2.37. The molecule has 1 aliphatic carbocycles. The van der Waals surface area contributed by atoms with Gasteiger partial charge >= 0.3 is 0 Å². The summed E-state index contributed by atoms with van der Waals surface area (Å²) in [6.45, 7) is 3.87. The number of amides is 1. The van der Waals surface area contributed by atoms with Crippen molar-refractivity contribution >= 4 is 36.4 Å². The second-order valence-corrected chi connectivity index (χ2v) is 5.43. The number of anilines is 1. The number of nitrogens with one attached hydrogen (secondary N) is 1. The molecule has 1 aliphatic rings. The fourth-order valence-corrected chi connectivity index (χ4v) is 2.63. The van der Waals surface area contributed by atoms with Gasteiger partial charge in [-0.2, -0.15) is 0 Å². The average Bonchev–Trinajstić information content (AvgIpc) is 2.31. The van der Waals surface area contributed by atoms with E-state index >= 15 is 0 Å². The van der Waals surface area contributed by atoms with Crippen molar-refractivity contribution in [2.75, 3.05) is 5.32 Å². The Morgan fingerprint density at radius 1 is 1.45 bits per heavy atom. The topological polar surface area (TPSA) is 68.0 Å². The van der Waals surface area contributed by atoms with E-state index in [9.17, 15) is 4.79 Å². The maximum absolute atomic E-state index is 12.3. The van der Waals surface area contributed by atoms with E-state index in [0.717, 1.165) is 37.1 Å². The molecule has 1 aromatic heterocycles. The molecule has 1 saturated carbocycles. The molecule has 0 aliphatic heterocycles. The van der Waals surface area contributed by atoms with Crippen LogP contribution >= 0.6 is 24.8 Å². The van der Waals surface area contributed by atoms with Crippen molar-refractivity contribution in [2.45, 2.75) is 45.1 Å². The maximum Gasteiger partial charge on any atom is 0.229 e. The van der Waals surface area contributed by atoms with Crippen molar-refractivity contribution in [3.05, 3.63) is 24.0 Å². The Balaban J connectivity index is 0.00000180. The van der Waals surface area contributed by atoms with Crippen molar-refractivity contribution in [1.29, 1.82) is 0 Å². The summed E-state index contributed by atoms with van der Waals surface area (Å²) < 4.78 is 0. The van der Waals surface area contributed by atoms with Crippen LogP contribution in [0.2, 0.25) is 0 Å². The summed E-state index contributed by atoms with van der Waals surface area (Å²) in [5.74, 6) is -0.0818. The molecule has 0 aromatic carbocycles. The van der Waals surface area contributed by atoms with Gasteiger partial charge in [-0.05, 0) is 38.8 Å². The SMILES string of the molecule is Cc1ncccc1NC(=O)C1CCCCC1(C)N.Cl.Cl. The Kier molecular flexibility index (Phi) is 7.49. The fourth-order valence-electron chi connectivity index (χ4n) is 2.63. The molecule has 2 rings (SSSR count). The Morgan fingerprint density at radius 3 is 2.75 bits per heavy atom. The van der Waals surface area contributed by atoms with Gasteiger partial charge in [0.2, 0.25) is 5.91 Å². The van der Waals surface area contributed by atoms with Crippen LogP contribution in [-0.4, -0.2) is 16.4 Å². The number of hydrogen-bond donors (Lipinski definition) is 2. The standard InChI is InChI=1S/C14H21N3O.2ClH/c1-10-12(7-5-9-16-10)17-13(18)11-6-3-4-8-14(11,2)15;;/h5,7,9,11H,3-4,6,8,15H2,1-2H3,(H,17,18);2*1H. The molecule has 1 fully saturated rings. The first kappa shape index (κ1) is 19.2. The van der Waals surface area contributed by atoms with Gasteiger partial charge in [-0.1, -0.05) is 12.8 Å². The first-order valence-corrected chi connectivity index (χ1v) is 6.52. The third kappa shape index (κ3) is 4.33. The lowest BCUT2D eigenvalue weighted by atomic mass is 9.74. The molecule has 3 N–H and O–H groups in total. The molecule has 0 spiro atoms. The van der Waals surface area contributed by atoms with Gasteiger partial charge in [-0.3, -0.25) is 9.78 Å². The quantitative estimate of drug-likeness (QED) is 0.880. The van der Waals surface area contributed by atoms with E-state index in [1.807, 2.05) is 26.0 Å². The molecule has 2 unspecified atom stereocenters. The van der Waals surface area contributed by atoms with Gasteiger partial charge in [0, 0.05) is 11.7 Å². The van der Waals surface area contributed by atoms with Gasteiger partial charge in [0.1, 0.15) is 0 Å². The molecule has 1 aromatic rings. The van der Waals surface area contributed by atoms with Crippen LogP contribution in [0.4, 0.5) is 5.69 Å². The molecule has 20 heavy (non-hydrogen) atoms. The number of aryl methyl sites for hydroxylation is 1. The molecule has 114 valence electrons.